The van der Waals surface area contributed by atoms with Crippen LogP contribution in [0, 0.1) is 5.92 Å². The molecule has 2 aromatic heterocycles. The standard InChI is InChI=1S/C28H35N5O6/c1-18(2)16-19-10-8-12-20-25(19)39-23(29-20)17-33-15-9-13-22(27(33)36)30-26(35)21(31-28(37)38-5)11-6-7-14-24(34)32(3)4/h7-10,12-15,18,21H,6,11,16-17H2,1-5H3,(H,30,35)(H,31,37). The van der Waals surface area contributed by atoms with Gasteiger partial charge in [-0.2, -0.15) is 0 Å². The van der Waals surface area contributed by atoms with Crippen LogP contribution in [0.2, 0.25) is 0 Å². The molecule has 0 aliphatic rings. The lowest BCUT2D eigenvalue weighted by atomic mass is 10.0. The van der Waals surface area contributed by atoms with Crippen molar-refractivity contribution in [1.29, 1.82) is 0 Å². The summed E-state index contributed by atoms with van der Waals surface area (Å²) in [6.45, 7) is 4.33. The molecule has 1 unspecified atom stereocenters. The molecule has 0 aliphatic heterocycles. The number of carbonyl (C=O) groups is 3. The average Bonchev–Trinajstić information content (AvgIpc) is 3.31. The minimum atomic E-state index is -0.999. The number of ether oxygens (including phenoxy) is 1. The third-order valence-electron chi connectivity index (χ3n) is 5.87. The van der Waals surface area contributed by atoms with E-state index in [1.54, 1.807) is 32.4 Å². The first-order chi connectivity index (χ1) is 18.6. The zero-order valence-electron chi connectivity index (χ0n) is 22.9. The van der Waals surface area contributed by atoms with E-state index in [2.05, 4.69) is 34.2 Å². The highest BCUT2D eigenvalue weighted by Gasteiger charge is 2.22. The van der Waals surface area contributed by atoms with Crippen LogP contribution >= 0.6 is 0 Å². The zero-order valence-corrected chi connectivity index (χ0v) is 22.9. The number of oxazole rings is 1. The Balaban J connectivity index is 1.75. The van der Waals surface area contributed by atoms with Crippen LogP contribution in [0.1, 0.15) is 38.1 Å². The number of nitrogens with zero attached hydrogens (tertiary/aromatic N) is 3. The summed E-state index contributed by atoms with van der Waals surface area (Å²) in [6, 6.07) is 7.92. The van der Waals surface area contributed by atoms with Gasteiger partial charge in [0.1, 0.15) is 23.8 Å². The average molecular weight is 538 g/mol. The van der Waals surface area contributed by atoms with Crippen molar-refractivity contribution >= 4 is 34.7 Å². The minimum Gasteiger partial charge on any atom is -0.453 e. The first-order valence-corrected chi connectivity index (χ1v) is 12.7. The lowest BCUT2D eigenvalue weighted by Gasteiger charge is -2.17. The van der Waals surface area contributed by atoms with E-state index in [-0.39, 0.29) is 24.6 Å². The molecule has 208 valence electrons. The van der Waals surface area contributed by atoms with Crippen LogP contribution < -0.4 is 16.2 Å². The molecule has 0 fully saturated rings. The van der Waals surface area contributed by atoms with E-state index in [0.717, 1.165) is 17.5 Å². The topological polar surface area (TPSA) is 136 Å². The molecule has 3 aromatic rings. The smallest absolute Gasteiger partial charge is 0.407 e. The Labute approximate surface area is 226 Å². The maximum absolute atomic E-state index is 13.1. The molecule has 1 aromatic carbocycles. The minimum absolute atomic E-state index is 0.0362. The SMILES string of the molecule is COC(=O)NC(CCC=CC(=O)N(C)C)C(=O)Nc1cccn(Cc2nc3cccc(CC(C)C)c3o2)c1=O. The number of methoxy groups -OCH3 is 1. The Bertz CT molecular complexity index is 1400. The van der Waals surface area contributed by atoms with Gasteiger partial charge >= 0.3 is 6.09 Å². The maximum atomic E-state index is 13.1. The predicted octanol–water partition coefficient (Wildman–Crippen LogP) is 3.32. The van der Waals surface area contributed by atoms with Gasteiger partial charge in [0.05, 0.1) is 7.11 Å². The molecule has 0 spiro atoms. The Hall–Kier alpha value is -4.41. The van der Waals surface area contributed by atoms with E-state index < -0.39 is 23.6 Å². The zero-order chi connectivity index (χ0) is 28.5. The summed E-state index contributed by atoms with van der Waals surface area (Å²) < 4.78 is 12.0. The van der Waals surface area contributed by atoms with Crippen molar-refractivity contribution in [3.05, 3.63) is 70.5 Å². The lowest BCUT2D eigenvalue weighted by Crippen LogP contribution is -2.44. The molecular weight excluding hydrogens is 502 g/mol. The van der Waals surface area contributed by atoms with E-state index in [4.69, 9.17) is 4.42 Å². The number of hydrogen-bond donors (Lipinski definition) is 2. The summed E-state index contributed by atoms with van der Waals surface area (Å²) in [7, 11) is 4.44. The Morgan fingerprint density at radius 2 is 1.95 bits per heavy atom. The van der Waals surface area contributed by atoms with Crippen LogP contribution in [-0.2, 0) is 27.3 Å². The van der Waals surface area contributed by atoms with Crippen LogP contribution in [0.4, 0.5) is 10.5 Å². The second-order valence-corrected chi connectivity index (χ2v) is 9.72. The van der Waals surface area contributed by atoms with Gasteiger partial charge in [-0.05, 0) is 55.0 Å². The summed E-state index contributed by atoms with van der Waals surface area (Å²) in [4.78, 5) is 55.6. The summed E-state index contributed by atoms with van der Waals surface area (Å²) >= 11 is 0. The number of anilines is 1. The molecule has 11 nitrogen and oxygen atoms in total. The fourth-order valence-electron chi connectivity index (χ4n) is 3.91. The number of aromatic nitrogens is 2. The Morgan fingerprint density at radius 3 is 2.64 bits per heavy atom. The number of likely N-dealkylation sites (N-methyl/N-ethyl adjacent to an activating group) is 1. The molecule has 39 heavy (non-hydrogen) atoms. The van der Waals surface area contributed by atoms with Gasteiger partial charge in [-0.25, -0.2) is 9.78 Å². The highest BCUT2D eigenvalue weighted by atomic mass is 16.5. The summed E-state index contributed by atoms with van der Waals surface area (Å²) in [5.41, 5.74) is 2.06. The van der Waals surface area contributed by atoms with Crippen molar-refractivity contribution in [3.63, 3.8) is 0 Å². The molecule has 2 N–H and O–H groups in total. The maximum Gasteiger partial charge on any atom is 0.407 e. The fourth-order valence-corrected chi connectivity index (χ4v) is 3.91. The number of benzene rings is 1. The number of amides is 3. The molecule has 0 saturated carbocycles. The van der Waals surface area contributed by atoms with Crippen LogP contribution in [0.25, 0.3) is 11.1 Å². The van der Waals surface area contributed by atoms with Gasteiger partial charge in [0, 0.05) is 20.3 Å². The number of carbonyl (C=O) groups excluding carboxylic acids is 3. The molecule has 3 rings (SSSR count). The van der Waals surface area contributed by atoms with Crippen LogP contribution in [0.15, 0.2) is 57.9 Å². The second kappa shape index (κ2) is 13.4. The third kappa shape index (κ3) is 8.03. The number of para-hydroxylation sites is 1. The van der Waals surface area contributed by atoms with Gasteiger partial charge in [0.25, 0.3) is 5.56 Å². The van der Waals surface area contributed by atoms with Crippen LogP contribution in [-0.4, -0.2) is 59.6 Å². The summed E-state index contributed by atoms with van der Waals surface area (Å²) in [6.07, 6.45) is 5.15. The van der Waals surface area contributed by atoms with E-state index in [1.165, 1.54) is 28.7 Å². The van der Waals surface area contributed by atoms with E-state index >= 15 is 0 Å². The molecule has 0 aliphatic carbocycles. The number of nitrogens with one attached hydrogen (secondary N) is 2. The monoisotopic (exact) mass is 537 g/mol. The molecular formula is C28H35N5O6. The lowest BCUT2D eigenvalue weighted by molar-refractivity contribution is -0.123. The van der Waals surface area contributed by atoms with E-state index in [0.29, 0.717) is 23.8 Å². The fraction of sp³-hybridized carbons (Fsp3) is 0.393. The van der Waals surface area contributed by atoms with Crippen molar-refractivity contribution in [1.82, 2.24) is 19.8 Å². The number of allylic oxidation sites excluding steroid dienone is 1. The van der Waals surface area contributed by atoms with Gasteiger partial charge in [-0.1, -0.05) is 32.1 Å². The predicted molar refractivity (Wildman–Crippen MR) is 147 cm³/mol. The number of pyridine rings is 1. The summed E-state index contributed by atoms with van der Waals surface area (Å²) in [5, 5.41) is 5.07. The number of alkyl carbamates (subject to hydrolysis) is 1. The van der Waals surface area contributed by atoms with Gasteiger partial charge in [0.2, 0.25) is 17.7 Å². The van der Waals surface area contributed by atoms with E-state index in [9.17, 15) is 19.2 Å². The van der Waals surface area contributed by atoms with Crippen molar-refractivity contribution in [3.8, 4) is 0 Å². The second-order valence-electron chi connectivity index (χ2n) is 9.72. The molecule has 2 heterocycles. The third-order valence-corrected chi connectivity index (χ3v) is 5.87. The Morgan fingerprint density at radius 1 is 1.18 bits per heavy atom. The molecule has 0 bridgehead atoms. The van der Waals surface area contributed by atoms with Crippen molar-refractivity contribution in [2.45, 2.75) is 45.7 Å². The van der Waals surface area contributed by atoms with Gasteiger partial charge in [-0.15, -0.1) is 0 Å². The van der Waals surface area contributed by atoms with Crippen LogP contribution in [0.5, 0.6) is 0 Å². The first-order valence-electron chi connectivity index (χ1n) is 12.7. The van der Waals surface area contributed by atoms with Crippen molar-refractivity contribution < 1.29 is 23.5 Å². The quantitative estimate of drug-likeness (QED) is 0.358. The molecule has 3 amide bonds. The van der Waals surface area contributed by atoms with Crippen molar-refractivity contribution in [2.24, 2.45) is 5.92 Å². The molecule has 0 saturated heterocycles. The van der Waals surface area contributed by atoms with Gasteiger partial charge < -0.3 is 29.3 Å². The number of hydrogen-bond acceptors (Lipinski definition) is 7. The summed E-state index contributed by atoms with van der Waals surface area (Å²) in [5.74, 6) is 0.0248. The Kier molecular flexibility index (Phi) is 10.0. The van der Waals surface area contributed by atoms with Gasteiger partial charge in [0.15, 0.2) is 5.58 Å². The van der Waals surface area contributed by atoms with E-state index in [1.807, 2.05) is 18.2 Å². The number of fused-ring (bicyclic) bond motifs is 1. The van der Waals surface area contributed by atoms with Crippen molar-refractivity contribution in [2.75, 3.05) is 26.5 Å². The largest absolute Gasteiger partial charge is 0.453 e. The van der Waals surface area contributed by atoms with Crippen LogP contribution in [0.3, 0.4) is 0 Å². The first kappa shape index (κ1) is 29.2. The number of rotatable bonds is 11. The molecule has 11 heteroatoms. The normalized spacial score (nSPS) is 12.1. The highest BCUT2D eigenvalue weighted by Crippen LogP contribution is 2.23. The molecule has 1 atom stereocenters. The molecule has 0 radical (unpaired) electrons. The van der Waals surface area contributed by atoms with Gasteiger partial charge in [-0.3, -0.25) is 14.4 Å². The highest BCUT2D eigenvalue weighted by molar-refractivity contribution is 5.96.